The number of carbonyl (C=O) groups is 2. The van der Waals surface area contributed by atoms with Crippen molar-refractivity contribution in [2.45, 2.75) is 17.3 Å². The summed E-state index contributed by atoms with van der Waals surface area (Å²) in [4.78, 5) is 30.5. The summed E-state index contributed by atoms with van der Waals surface area (Å²) < 4.78 is 7.27. The molecule has 8 heteroatoms. The molecule has 0 bridgehead atoms. The monoisotopic (exact) mass is 396 g/mol. The summed E-state index contributed by atoms with van der Waals surface area (Å²) in [6, 6.07) is 15.2. The number of imide groups is 1. The van der Waals surface area contributed by atoms with E-state index in [1.54, 1.807) is 14.0 Å². The zero-order chi connectivity index (χ0) is 19.7. The highest BCUT2D eigenvalue weighted by molar-refractivity contribution is 8.00. The zero-order valence-electron chi connectivity index (χ0n) is 15.6. The molecule has 1 saturated heterocycles. The number of nitrogens with one attached hydrogen (secondary N) is 1. The number of thioether (sulfide) groups is 1. The van der Waals surface area contributed by atoms with Crippen LogP contribution in [0.3, 0.4) is 0 Å². The molecule has 0 spiro atoms. The number of urea groups is 1. The Morgan fingerprint density at radius 3 is 2.64 bits per heavy atom. The van der Waals surface area contributed by atoms with Gasteiger partial charge in [0.25, 0.3) is 0 Å². The molecular weight excluding hydrogens is 376 g/mol. The van der Waals surface area contributed by atoms with Gasteiger partial charge in [0.2, 0.25) is 5.91 Å². The quantitative estimate of drug-likeness (QED) is 0.671. The van der Waals surface area contributed by atoms with E-state index < -0.39 is 5.25 Å². The Bertz CT molecular complexity index is 1030. The van der Waals surface area contributed by atoms with Crippen LogP contribution in [0.2, 0.25) is 0 Å². The average Bonchev–Trinajstić information content (AvgIpc) is 3.30. The summed E-state index contributed by atoms with van der Waals surface area (Å²) in [5.74, 6) is 0.555. The van der Waals surface area contributed by atoms with E-state index in [0.29, 0.717) is 18.2 Å². The summed E-state index contributed by atoms with van der Waals surface area (Å²) in [7, 11) is 1.63. The number of aromatic nitrogens is 2. The van der Waals surface area contributed by atoms with Gasteiger partial charge in [0.05, 0.1) is 23.4 Å². The normalized spacial score (nSPS) is 14.9. The lowest BCUT2D eigenvalue weighted by molar-refractivity contribution is -0.126. The summed E-state index contributed by atoms with van der Waals surface area (Å²) in [5, 5.41) is 2.92. The molecule has 3 aromatic rings. The number of hydrogen-bond acceptors (Lipinski definition) is 5. The molecule has 0 saturated carbocycles. The fourth-order valence-corrected chi connectivity index (χ4v) is 4.18. The first-order valence-corrected chi connectivity index (χ1v) is 9.84. The molecule has 1 N–H and O–H groups in total. The van der Waals surface area contributed by atoms with Gasteiger partial charge < -0.3 is 10.1 Å². The van der Waals surface area contributed by atoms with Crippen molar-refractivity contribution in [2.75, 3.05) is 20.2 Å². The van der Waals surface area contributed by atoms with Crippen molar-refractivity contribution in [1.82, 2.24) is 19.8 Å². The number of carbonyl (C=O) groups excluding carboxylic acids is 2. The van der Waals surface area contributed by atoms with E-state index in [0.717, 1.165) is 22.5 Å². The first-order valence-electron chi connectivity index (χ1n) is 8.96. The highest BCUT2D eigenvalue weighted by Crippen LogP contribution is 2.31. The molecule has 7 nitrogen and oxygen atoms in total. The standard InChI is InChI=1S/C20H20N4O3S/c1-13(18(25)23-12-11-21-19(23)26)28-20-22-16-5-3-4-6-17(16)24(20)14-7-9-15(27-2)10-8-14/h3-10,13H,11-12H2,1-2H3,(H,21,26)/t13-/m0/s1. The maximum atomic E-state index is 12.7. The highest BCUT2D eigenvalue weighted by Gasteiger charge is 2.31. The van der Waals surface area contributed by atoms with Gasteiger partial charge in [-0.25, -0.2) is 9.78 Å². The van der Waals surface area contributed by atoms with Gasteiger partial charge >= 0.3 is 6.03 Å². The van der Waals surface area contributed by atoms with Gasteiger partial charge in [0, 0.05) is 18.8 Å². The van der Waals surface area contributed by atoms with Crippen LogP contribution in [0.1, 0.15) is 6.92 Å². The number of hydrogen-bond donors (Lipinski definition) is 1. The number of benzene rings is 2. The Balaban J connectivity index is 1.70. The molecule has 1 aromatic heterocycles. The molecule has 0 aliphatic carbocycles. The van der Waals surface area contributed by atoms with Crippen LogP contribution in [0.15, 0.2) is 53.7 Å². The maximum absolute atomic E-state index is 12.7. The van der Waals surface area contributed by atoms with Crippen molar-refractivity contribution in [1.29, 1.82) is 0 Å². The second kappa shape index (κ2) is 7.55. The van der Waals surface area contributed by atoms with E-state index >= 15 is 0 Å². The number of fused-ring (bicyclic) bond motifs is 1. The Hall–Kier alpha value is -3.00. The molecule has 2 aromatic carbocycles. The molecule has 144 valence electrons. The van der Waals surface area contributed by atoms with Crippen LogP contribution in [0.25, 0.3) is 16.7 Å². The molecule has 0 unspecified atom stereocenters. The van der Waals surface area contributed by atoms with Crippen LogP contribution in [0, 0.1) is 0 Å². The number of methoxy groups -OCH3 is 1. The van der Waals surface area contributed by atoms with Gasteiger partial charge in [-0.3, -0.25) is 14.3 Å². The van der Waals surface area contributed by atoms with Gasteiger partial charge in [-0.1, -0.05) is 23.9 Å². The van der Waals surface area contributed by atoms with Crippen molar-refractivity contribution in [3.8, 4) is 11.4 Å². The topological polar surface area (TPSA) is 76.5 Å². The zero-order valence-corrected chi connectivity index (χ0v) is 16.4. The minimum atomic E-state index is -0.447. The molecule has 1 atom stereocenters. The van der Waals surface area contributed by atoms with Crippen LogP contribution >= 0.6 is 11.8 Å². The van der Waals surface area contributed by atoms with Crippen LogP contribution in [0.4, 0.5) is 4.79 Å². The molecule has 0 radical (unpaired) electrons. The summed E-state index contributed by atoms with van der Waals surface area (Å²) in [6.45, 7) is 2.69. The number of nitrogens with zero attached hydrogens (tertiary/aromatic N) is 3. The third-order valence-electron chi connectivity index (χ3n) is 4.61. The molecule has 3 amide bonds. The average molecular weight is 396 g/mol. The van der Waals surface area contributed by atoms with E-state index in [9.17, 15) is 9.59 Å². The van der Waals surface area contributed by atoms with Crippen LogP contribution < -0.4 is 10.1 Å². The first-order chi connectivity index (χ1) is 13.6. The minimum Gasteiger partial charge on any atom is -0.497 e. The van der Waals surface area contributed by atoms with Gasteiger partial charge in [-0.2, -0.15) is 0 Å². The molecule has 1 fully saturated rings. The van der Waals surface area contributed by atoms with Crippen molar-refractivity contribution < 1.29 is 14.3 Å². The van der Waals surface area contributed by atoms with Crippen molar-refractivity contribution in [2.24, 2.45) is 0 Å². The number of para-hydroxylation sites is 2. The number of rotatable bonds is 5. The largest absolute Gasteiger partial charge is 0.497 e. The van der Waals surface area contributed by atoms with Gasteiger partial charge in [0.1, 0.15) is 5.75 Å². The smallest absolute Gasteiger partial charge is 0.324 e. The second-order valence-corrected chi connectivity index (χ2v) is 7.71. The van der Waals surface area contributed by atoms with Crippen LogP contribution in [-0.4, -0.2) is 51.8 Å². The van der Waals surface area contributed by atoms with E-state index in [-0.39, 0.29) is 11.9 Å². The summed E-state index contributed by atoms with van der Waals surface area (Å²) >= 11 is 1.35. The second-order valence-electron chi connectivity index (χ2n) is 6.40. The first kappa shape index (κ1) is 18.4. The van der Waals surface area contributed by atoms with E-state index in [4.69, 9.17) is 9.72 Å². The minimum absolute atomic E-state index is 0.215. The predicted molar refractivity (Wildman–Crippen MR) is 108 cm³/mol. The highest BCUT2D eigenvalue weighted by atomic mass is 32.2. The maximum Gasteiger partial charge on any atom is 0.324 e. The lowest BCUT2D eigenvalue weighted by Gasteiger charge is -2.18. The lowest BCUT2D eigenvalue weighted by Crippen LogP contribution is -2.39. The Kier molecular flexibility index (Phi) is 4.95. The molecule has 1 aliphatic rings. The van der Waals surface area contributed by atoms with Crippen molar-refractivity contribution >= 4 is 34.7 Å². The number of amides is 3. The van der Waals surface area contributed by atoms with E-state index in [1.807, 2.05) is 53.1 Å². The molecular formula is C20H20N4O3S. The Morgan fingerprint density at radius 1 is 1.21 bits per heavy atom. The fourth-order valence-electron chi connectivity index (χ4n) is 3.17. The third-order valence-corrected chi connectivity index (χ3v) is 5.65. The van der Waals surface area contributed by atoms with E-state index in [2.05, 4.69) is 5.32 Å². The molecule has 28 heavy (non-hydrogen) atoms. The van der Waals surface area contributed by atoms with Crippen LogP contribution in [0.5, 0.6) is 5.75 Å². The van der Waals surface area contributed by atoms with Crippen molar-refractivity contribution in [3.05, 3.63) is 48.5 Å². The van der Waals surface area contributed by atoms with E-state index in [1.165, 1.54) is 16.7 Å². The van der Waals surface area contributed by atoms with Gasteiger partial charge in [-0.15, -0.1) is 0 Å². The van der Waals surface area contributed by atoms with Crippen LogP contribution in [-0.2, 0) is 4.79 Å². The fraction of sp³-hybridized carbons (Fsp3) is 0.250. The molecule has 2 heterocycles. The number of imidazole rings is 1. The lowest BCUT2D eigenvalue weighted by atomic mass is 10.2. The Labute approximate surface area is 166 Å². The summed E-state index contributed by atoms with van der Waals surface area (Å²) in [6.07, 6.45) is 0. The SMILES string of the molecule is COc1ccc(-n2c(S[C@@H](C)C(=O)N3CCNC3=O)nc3ccccc32)cc1. The van der Waals surface area contributed by atoms with Gasteiger partial charge in [0.15, 0.2) is 5.16 Å². The number of ether oxygens (including phenoxy) is 1. The summed E-state index contributed by atoms with van der Waals surface area (Å²) in [5.41, 5.74) is 2.73. The predicted octanol–water partition coefficient (Wildman–Crippen LogP) is 3.07. The molecule has 4 rings (SSSR count). The third kappa shape index (κ3) is 3.31. The molecule has 1 aliphatic heterocycles. The van der Waals surface area contributed by atoms with Gasteiger partial charge in [-0.05, 0) is 43.3 Å². The Morgan fingerprint density at radius 2 is 1.96 bits per heavy atom. The van der Waals surface area contributed by atoms with Crippen molar-refractivity contribution in [3.63, 3.8) is 0 Å².